The molecule has 2 atom stereocenters. The van der Waals surface area contributed by atoms with Crippen LogP contribution in [0.5, 0.6) is 0 Å². The van der Waals surface area contributed by atoms with Crippen molar-refractivity contribution < 1.29 is 10.2 Å². The topological polar surface area (TPSA) is 40.5 Å². The van der Waals surface area contributed by atoms with E-state index in [-0.39, 0.29) is 0 Å². The van der Waals surface area contributed by atoms with E-state index >= 15 is 0 Å². The molecule has 0 aromatic heterocycles. The van der Waals surface area contributed by atoms with E-state index in [4.69, 9.17) is 5.11 Å². The summed E-state index contributed by atoms with van der Waals surface area (Å²) in [6.07, 6.45) is -0.711. The van der Waals surface area contributed by atoms with Crippen LogP contribution >= 0.6 is 31.9 Å². The van der Waals surface area contributed by atoms with E-state index in [1.807, 2.05) is 0 Å². The number of halogens is 2. The van der Waals surface area contributed by atoms with Gasteiger partial charge in [0, 0.05) is 10.7 Å². The van der Waals surface area contributed by atoms with Crippen molar-refractivity contribution in [3.63, 3.8) is 0 Å². The standard InChI is InChI=1S/C5H10Br2O2/c1-5(9,3-7)4(8)2-6/h4,8-9H,2-3H2,1H3. The third kappa shape index (κ3) is 2.98. The van der Waals surface area contributed by atoms with Crippen molar-refractivity contribution in [1.29, 1.82) is 0 Å². The predicted octanol–water partition coefficient (Wildman–Crippen LogP) is 0.888. The maximum Gasteiger partial charge on any atom is 0.0981 e. The normalized spacial score (nSPS) is 21.0. The Labute approximate surface area is 71.5 Å². The summed E-state index contributed by atoms with van der Waals surface area (Å²) in [4.78, 5) is 0. The fourth-order valence-electron chi connectivity index (χ4n) is 0.255. The van der Waals surface area contributed by atoms with Gasteiger partial charge < -0.3 is 10.2 Å². The van der Waals surface area contributed by atoms with Crippen LogP contribution in [0.1, 0.15) is 6.92 Å². The molecule has 0 aliphatic carbocycles. The highest BCUT2D eigenvalue weighted by Crippen LogP contribution is 2.14. The third-order valence-corrected chi connectivity index (χ3v) is 2.88. The van der Waals surface area contributed by atoms with Gasteiger partial charge in [-0.2, -0.15) is 0 Å². The maximum absolute atomic E-state index is 9.26. The van der Waals surface area contributed by atoms with Gasteiger partial charge in [-0.1, -0.05) is 31.9 Å². The van der Waals surface area contributed by atoms with Crippen molar-refractivity contribution in [2.75, 3.05) is 10.7 Å². The van der Waals surface area contributed by atoms with Gasteiger partial charge in [0.15, 0.2) is 0 Å². The molecule has 2 unspecified atom stereocenters. The van der Waals surface area contributed by atoms with Crippen LogP contribution in [0.4, 0.5) is 0 Å². The molecular formula is C5H10Br2O2. The van der Waals surface area contributed by atoms with Crippen molar-refractivity contribution in [2.45, 2.75) is 18.6 Å². The fourth-order valence-corrected chi connectivity index (χ4v) is 1.33. The number of aliphatic hydroxyl groups excluding tert-OH is 1. The minimum atomic E-state index is -1.02. The smallest absolute Gasteiger partial charge is 0.0981 e. The van der Waals surface area contributed by atoms with Crippen LogP contribution < -0.4 is 0 Å². The Bertz CT molecular complexity index is 85.0. The maximum atomic E-state index is 9.26. The molecule has 0 aromatic rings. The molecule has 2 nitrogen and oxygen atoms in total. The molecule has 0 saturated carbocycles. The second-order valence-corrected chi connectivity index (χ2v) is 3.37. The molecular weight excluding hydrogens is 252 g/mol. The van der Waals surface area contributed by atoms with Crippen molar-refractivity contribution in [3.05, 3.63) is 0 Å². The third-order valence-electron chi connectivity index (χ3n) is 1.13. The average Bonchev–Trinajstić information content (AvgIpc) is 1.86. The molecule has 0 fully saturated rings. The summed E-state index contributed by atoms with van der Waals surface area (Å²) >= 11 is 6.14. The summed E-state index contributed by atoms with van der Waals surface area (Å²) in [5, 5.41) is 19.1. The lowest BCUT2D eigenvalue weighted by atomic mass is 10.0. The van der Waals surface area contributed by atoms with Gasteiger partial charge in [0.05, 0.1) is 11.7 Å². The summed E-state index contributed by atoms with van der Waals surface area (Å²) in [6.45, 7) is 1.58. The van der Waals surface area contributed by atoms with Gasteiger partial charge in [0.25, 0.3) is 0 Å². The van der Waals surface area contributed by atoms with Crippen LogP contribution in [-0.4, -0.2) is 32.6 Å². The lowest BCUT2D eigenvalue weighted by molar-refractivity contribution is -0.0297. The Morgan fingerprint density at radius 2 is 2.00 bits per heavy atom. The summed E-state index contributed by atoms with van der Waals surface area (Å²) in [5.74, 6) is 0. The van der Waals surface area contributed by atoms with Gasteiger partial charge in [-0.3, -0.25) is 0 Å². The minimum Gasteiger partial charge on any atom is -0.389 e. The van der Waals surface area contributed by atoms with Gasteiger partial charge in [-0.15, -0.1) is 0 Å². The molecule has 2 N–H and O–H groups in total. The van der Waals surface area contributed by atoms with E-state index in [0.29, 0.717) is 10.7 Å². The van der Waals surface area contributed by atoms with Crippen molar-refractivity contribution in [3.8, 4) is 0 Å². The highest BCUT2D eigenvalue weighted by molar-refractivity contribution is 9.09. The van der Waals surface area contributed by atoms with Crippen molar-refractivity contribution in [1.82, 2.24) is 0 Å². The molecule has 0 saturated heterocycles. The molecule has 4 heteroatoms. The molecule has 0 bridgehead atoms. The first-order valence-corrected chi connectivity index (χ1v) is 4.81. The molecule has 0 radical (unpaired) electrons. The first-order chi connectivity index (χ1) is 4.04. The first kappa shape index (κ1) is 9.88. The van der Waals surface area contributed by atoms with E-state index in [0.717, 1.165) is 0 Å². The van der Waals surface area contributed by atoms with E-state index in [2.05, 4.69) is 31.9 Å². The number of aliphatic hydroxyl groups is 2. The summed E-state index contributed by atoms with van der Waals surface area (Å²) in [6, 6.07) is 0. The molecule has 56 valence electrons. The van der Waals surface area contributed by atoms with Gasteiger partial charge in [0.2, 0.25) is 0 Å². The molecule has 0 spiro atoms. The van der Waals surface area contributed by atoms with Crippen LogP contribution in [0.15, 0.2) is 0 Å². The monoisotopic (exact) mass is 260 g/mol. The predicted molar refractivity (Wildman–Crippen MR) is 44.2 cm³/mol. The van der Waals surface area contributed by atoms with Crippen LogP contribution in [-0.2, 0) is 0 Å². The summed E-state index contributed by atoms with van der Waals surface area (Å²) in [5.41, 5.74) is -1.02. The Balaban J connectivity index is 3.80. The number of hydrogen-bond acceptors (Lipinski definition) is 2. The minimum absolute atomic E-state index is 0.382. The van der Waals surface area contributed by atoms with Crippen molar-refractivity contribution >= 4 is 31.9 Å². The quantitative estimate of drug-likeness (QED) is 0.741. The summed E-state index contributed by atoms with van der Waals surface area (Å²) < 4.78 is 0. The zero-order valence-electron chi connectivity index (χ0n) is 5.14. The zero-order valence-corrected chi connectivity index (χ0v) is 8.31. The van der Waals surface area contributed by atoms with Crippen LogP contribution in [0.25, 0.3) is 0 Å². The Morgan fingerprint density at radius 1 is 1.56 bits per heavy atom. The van der Waals surface area contributed by atoms with E-state index in [9.17, 15) is 5.11 Å². The lowest BCUT2D eigenvalue weighted by Crippen LogP contribution is -2.41. The van der Waals surface area contributed by atoms with Gasteiger partial charge in [-0.25, -0.2) is 0 Å². The number of hydrogen-bond donors (Lipinski definition) is 2. The molecule has 0 rings (SSSR count). The Hall–Kier alpha value is 0.880. The van der Waals surface area contributed by atoms with E-state index < -0.39 is 11.7 Å². The van der Waals surface area contributed by atoms with E-state index in [1.165, 1.54) is 0 Å². The number of rotatable bonds is 3. The fraction of sp³-hybridized carbons (Fsp3) is 1.00. The first-order valence-electron chi connectivity index (χ1n) is 2.57. The molecule has 0 heterocycles. The molecule has 0 aliphatic rings. The van der Waals surface area contributed by atoms with Gasteiger partial charge in [-0.05, 0) is 6.92 Å². The lowest BCUT2D eigenvalue weighted by Gasteiger charge is -2.24. The largest absolute Gasteiger partial charge is 0.389 e. The van der Waals surface area contributed by atoms with E-state index in [1.54, 1.807) is 6.92 Å². The highest BCUT2D eigenvalue weighted by Gasteiger charge is 2.27. The molecule has 0 aromatic carbocycles. The molecule has 0 aliphatic heterocycles. The summed E-state index contributed by atoms with van der Waals surface area (Å²) in [7, 11) is 0. The Morgan fingerprint density at radius 3 is 2.11 bits per heavy atom. The number of alkyl halides is 2. The Kier molecular flexibility index (Phi) is 4.29. The van der Waals surface area contributed by atoms with Gasteiger partial charge in [0.1, 0.15) is 0 Å². The highest BCUT2D eigenvalue weighted by atomic mass is 79.9. The second-order valence-electron chi connectivity index (χ2n) is 2.16. The SMILES string of the molecule is CC(O)(CBr)C(O)CBr. The van der Waals surface area contributed by atoms with Gasteiger partial charge >= 0.3 is 0 Å². The zero-order chi connectivity index (χ0) is 7.49. The van der Waals surface area contributed by atoms with Crippen LogP contribution in [0, 0.1) is 0 Å². The van der Waals surface area contributed by atoms with Crippen molar-refractivity contribution in [2.24, 2.45) is 0 Å². The van der Waals surface area contributed by atoms with Crippen LogP contribution in [0.3, 0.4) is 0 Å². The molecule has 0 amide bonds. The second kappa shape index (κ2) is 3.91. The van der Waals surface area contributed by atoms with Crippen LogP contribution in [0.2, 0.25) is 0 Å². The molecule has 9 heavy (non-hydrogen) atoms. The average molecular weight is 262 g/mol.